The van der Waals surface area contributed by atoms with E-state index in [1.807, 2.05) is 30.3 Å². The molecular weight excluding hydrogens is 290 g/mol. The van der Waals surface area contributed by atoms with Crippen LogP contribution in [-0.2, 0) is 11.6 Å². The van der Waals surface area contributed by atoms with Crippen LogP contribution in [0.25, 0.3) is 0 Å². The molecule has 2 aromatic carbocycles. The van der Waals surface area contributed by atoms with Crippen LogP contribution in [-0.4, -0.2) is 0 Å². The number of thioether (sulfide) groups is 1. The molecule has 0 saturated carbocycles. The Kier molecular flexibility index (Phi) is 4.93. The number of alkyl halides is 1. The largest absolute Gasteiger partial charge is 0.205 e. The molecule has 0 aliphatic rings. The normalized spacial score (nSPS) is 10.6. The first-order valence-electron chi connectivity index (χ1n) is 5.40. The highest BCUT2D eigenvalue weighted by molar-refractivity contribution is 7.98. The molecule has 0 heterocycles. The van der Waals surface area contributed by atoms with E-state index in [1.54, 1.807) is 17.8 Å². The lowest BCUT2D eigenvalue weighted by Gasteiger charge is -2.04. The molecule has 94 valence electrons. The van der Waals surface area contributed by atoms with Crippen molar-refractivity contribution in [2.24, 2.45) is 0 Å². The maximum absolute atomic E-state index is 13.2. The second-order valence-corrected chi connectivity index (χ2v) is 5.54. The summed E-state index contributed by atoms with van der Waals surface area (Å²) in [7, 11) is 0. The van der Waals surface area contributed by atoms with Gasteiger partial charge in [-0.1, -0.05) is 29.8 Å². The van der Waals surface area contributed by atoms with Gasteiger partial charge < -0.3 is 0 Å². The number of hydrogen-bond donors (Lipinski definition) is 0. The summed E-state index contributed by atoms with van der Waals surface area (Å²) in [5, 5.41) is 0.162. The van der Waals surface area contributed by atoms with E-state index in [1.165, 1.54) is 6.07 Å². The average molecular weight is 301 g/mol. The molecule has 18 heavy (non-hydrogen) atoms. The Morgan fingerprint density at radius 1 is 1.00 bits per heavy atom. The molecule has 0 aliphatic carbocycles. The molecule has 0 aliphatic heterocycles. The first kappa shape index (κ1) is 13.7. The van der Waals surface area contributed by atoms with Crippen LogP contribution in [0, 0.1) is 5.82 Å². The summed E-state index contributed by atoms with van der Waals surface area (Å²) in [6.45, 7) is 0. The van der Waals surface area contributed by atoms with Crippen molar-refractivity contribution < 1.29 is 4.39 Å². The standard InChI is InChI=1S/C14H11Cl2FS/c15-8-10-1-4-12(5-2-10)18-9-11-3-6-13(16)14(17)7-11/h1-7H,8-9H2. The molecule has 2 aromatic rings. The maximum Gasteiger partial charge on any atom is 0.142 e. The van der Waals surface area contributed by atoms with Crippen LogP contribution < -0.4 is 0 Å². The minimum Gasteiger partial charge on any atom is -0.205 e. The van der Waals surface area contributed by atoms with Gasteiger partial charge in [0.15, 0.2) is 0 Å². The Hall–Kier alpha value is -0.700. The zero-order valence-electron chi connectivity index (χ0n) is 9.50. The van der Waals surface area contributed by atoms with E-state index in [2.05, 4.69) is 0 Å². The monoisotopic (exact) mass is 300 g/mol. The Balaban J connectivity index is 1.99. The average Bonchev–Trinajstić information content (AvgIpc) is 2.41. The Labute approximate surface area is 120 Å². The molecule has 0 atom stereocenters. The number of hydrogen-bond acceptors (Lipinski definition) is 1. The lowest BCUT2D eigenvalue weighted by Crippen LogP contribution is -1.84. The summed E-state index contributed by atoms with van der Waals surface area (Å²) in [5.74, 6) is 0.869. The van der Waals surface area contributed by atoms with Gasteiger partial charge in [-0.2, -0.15) is 0 Å². The molecule has 0 spiro atoms. The summed E-state index contributed by atoms with van der Waals surface area (Å²) in [6.07, 6.45) is 0. The summed E-state index contributed by atoms with van der Waals surface area (Å²) in [4.78, 5) is 1.14. The van der Waals surface area contributed by atoms with Crippen LogP contribution in [0.1, 0.15) is 11.1 Å². The van der Waals surface area contributed by atoms with Gasteiger partial charge in [-0.05, 0) is 35.4 Å². The van der Waals surface area contributed by atoms with E-state index in [0.29, 0.717) is 11.6 Å². The molecule has 0 bridgehead atoms. The van der Waals surface area contributed by atoms with Crippen molar-refractivity contribution in [1.29, 1.82) is 0 Å². The smallest absolute Gasteiger partial charge is 0.142 e. The summed E-state index contributed by atoms with van der Waals surface area (Å²) >= 11 is 13.0. The Morgan fingerprint density at radius 3 is 2.28 bits per heavy atom. The van der Waals surface area contributed by atoms with Crippen molar-refractivity contribution in [2.75, 3.05) is 0 Å². The van der Waals surface area contributed by atoms with Crippen LogP contribution in [0.15, 0.2) is 47.4 Å². The lowest BCUT2D eigenvalue weighted by molar-refractivity contribution is 0.627. The van der Waals surface area contributed by atoms with Gasteiger partial charge in [0.2, 0.25) is 0 Å². The van der Waals surface area contributed by atoms with Crippen molar-refractivity contribution in [3.05, 3.63) is 64.4 Å². The molecular formula is C14H11Cl2FS. The zero-order valence-corrected chi connectivity index (χ0v) is 11.8. The third-order valence-electron chi connectivity index (χ3n) is 2.47. The first-order chi connectivity index (χ1) is 8.69. The number of rotatable bonds is 4. The summed E-state index contributed by atoms with van der Waals surface area (Å²) < 4.78 is 13.2. The SMILES string of the molecule is Fc1cc(CSc2ccc(CCl)cc2)ccc1Cl. The van der Waals surface area contributed by atoms with Gasteiger partial charge in [0, 0.05) is 16.5 Å². The van der Waals surface area contributed by atoms with Crippen LogP contribution in [0.4, 0.5) is 4.39 Å². The first-order valence-corrected chi connectivity index (χ1v) is 7.30. The third kappa shape index (κ3) is 3.64. The van der Waals surface area contributed by atoms with E-state index in [9.17, 15) is 4.39 Å². The summed E-state index contributed by atoms with van der Waals surface area (Å²) in [5.41, 5.74) is 2.02. The maximum atomic E-state index is 13.2. The molecule has 0 amide bonds. The molecule has 0 unspecified atom stereocenters. The highest BCUT2D eigenvalue weighted by Gasteiger charge is 2.02. The van der Waals surface area contributed by atoms with Crippen molar-refractivity contribution in [1.82, 2.24) is 0 Å². The van der Waals surface area contributed by atoms with E-state index in [0.717, 1.165) is 16.0 Å². The van der Waals surface area contributed by atoms with Crippen LogP contribution in [0.5, 0.6) is 0 Å². The predicted molar refractivity (Wildman–Crippen MR) is 77.0 cm³/mol. The van der Waals surface area contributed by atoms with Crippen LogP contribution in [0.3, 0.4) is 0 Å². The summed E-state index contributed by atoms with van der Waals surface area (Å²) in [6, 6.07) is 12.9. The highest BCUT2D eigenvalue weighted by atomic mass is 35.5. The van der Waals surface area contributed by atoms with Gasteiger partial charge in [-0.25, -0.2) is 4.39 Å². The van der Waals surface area contributed by atoms with Crippen molar-refractivity contribution in [3.63, 3.8) is 0 Å². The minimum absolute atomic E-state index is 0.162. The molecule has 0 aromatic heterocycles. The second kappa shape index (κ2) is 6.46. The molecule has 0 radical (unpaired) electrons. The van der Waals surface area contributed by atoms with Gasteiger partial charge in [-0.3, -0.25) is 0 Å². The van der Waals surface area contributed by atoms with Gasteiger partial charge >= 0.3 is 0 Å². The zero-order chi connectivity index (χ0) is 13.0. The molecule has 4 heteroatoms. The fraction of sp³-hybridized carbons (Fsp3) is 0.143. The third-order valence-corrected chi connectivity index (χ3v) is 4.17. The molecule has 0 saturated heterocycles. The van der Waals surface area contributed by atoms with Gasteiger partial charge in [0.1, 0.15) is 5.82 Å². The highest BCUT2D eigenvalue weighted by Crippen LogP contribution is 2.25. The van der Waals surface area contributed by atoms with Gasteiger partial charge in [-0.15, -0.1) is 23.4 Å². The molecule has 2 rings (SSSR count). The predicted octanol–water partition coefficient (Wildman–Crippen LogP) is 5.51. The Bertz CT molecular complexity index is 526. The number of benzene rings is 2. The van der Waals surface area contributed by atoms with Gasteiger partial charge in [0.25, 0.3) is 0 Å². The fourth-order valence-corrected chi connectivity index (χ4v) is 2.61. The van der Waals surface area contributed by atoms with E-state index >= 15 is 0 Å². The van der Waals surface area contributed by atoms with E-state index < -0.39 is 0 Å². The van der Waals surface area contributed by atoms with Crippen molar-refractivity contribution >= 4 is 35.0 Å². The fourth-order valence-electron chi connectivity index (χ4n) is 1.47. The van der Waals surface area contributed by atoms with E-state index in [4.69, 9.17) is 23.2 Å². The Morgan fingerprint density at radius 2 is 1.67 bits per heavy atom. The topological polar surface area (TPSA) is 0 Å². The molecule has 0 N–H and O–H groups in total. The second-order valence-electron chi connectivity index (χ2n) is 3.81. The number of halogens is 3. The molecule has 0 fully saturated rings. The van der Waals surface area contributed by atoms with Crippen molar-refractivity contribution in [3.8, 4) is 0 Å². The molecule has 0 nitrogen and oxygen atoms in total. The lowest BCUT2D eigenvalue weighted by atomic mass is 10.2. The quantitative estimate of drug-likeness (QED) is 0.530. The minimum atomic E-state index is -0.368. The van der Waals surface area contributed by atoms with Gasteiger partial charge in [0.05, 0.1) is 5.02 Å². The van der Waals surface area contributed by atoms with Crippen molar-refractivity contribution in [2.45, 2.75) is 16.5 Å². The van der Waals surface area contributed by atoms with Crippen LogP contribution >= 0.6 is 35.0 Å². The van der Waals surface area contributed by atoms with E-state index in [-0.39, 0.29) is 10.8 Å². The van der Waals surface area contributed by atoms with Crippen LogP contribution in [0.2, 0.25) is 5.02 Å².